The molecule has 1 aromatic rings. The molecule has 0 saturated heterocycles. The molecule has 0 radical (unpaired) electrons. The molecule has 0 atom stereocenters. The number of halogens is 1. The van der Waals surface area contributed by atoms with Crippen molar-refractivity contribution in [2.45, 2.75) is 26.2 Å². The van der Waals surface area contributed by atoms with Crippen molar-refractivity contribution >= 4 is 5.78 Å². The second kappa shape index (κ2) is 5.53. The Labute approximate surface area is 83.9 Å². The van der Waals surface area contributed by atoms with Crippen molar-refractivity contribution in [1.82, 2.24) is 0 Å². The Kier molecular flexibility index (Phi) is 4.30. The maximum atomic E-state index is 12.0. The van der Waals surface area contributed by atoms with Gasteiger partial charge in [0.05, 0.1) is 6.67 Å². The van der Waals surface area contributed by atoms with Crippen molar-refractivity contribution < 1.29 is 9.18 Å². The first kappa shape index (κ1) is 10.9. The number of carbonyl (C=O) groups excluding carboxylic acids is 1. The van der Waals surface area contributed by atoms with E-state index in [0.717, 1.165) is 17.5 Å². The van der Waals surface area contributed by atoms with E-state index in [0.29, 0.717) is 12.8 Å². The zero-order valence-corrected chi connectivity index (χ0v) is 8.42. The van der Waals surface area contributed by atoms with Crippen LogP contribution in [0.5, 0.6) is 0 Å². The van der Waals surface area contributed by atoms with Crippen molar-refractivity contribution in [2.75, 3.05) is 6.67 Å². The van der Waals surface area contributed by atoms with Crippen molar-refractivity contribution in [3.05, 3.63) is 35.4 Å². The molecule has 0 aromatic heterocycles. The Morgan fingerprint density at radius 3 is 2.50 bits per heavy atom. The molecular weight excluding hydrogens is 179 g/mol. The van der Waals surface area contributed by atoms with Gasteiger partial charge in [0.2, 0.25) is 0 Å². The van der Waals surface area contributed by atoms with E-state index in [1.807, 2.05) is 24.3 Å². The van der Waals surface area contributed by atoms with Crippen LogP contribution in [0.25, 0.3) is 0 Å². The van der Waals surface area contributed by atoms with Gasteiger partial charge in [0.25, 0.3) is 0 Å². The normalized spacial score (nSPS) is 10.1. The van der Waals surface area contributed by atoms with Crippen LogP contribution in [0.3, 0.4) is 0 Å². The van der Waals surface area contributed by atoms with Crippen LogP contribution in [-0.4, -0.2) is 12.5 Å². The minimum Gasteiger partial charge on any atom is -0.300 e. The van der Waals surface area contributed by atoms with E-state index < -0.39 is 0 Å². The van der Waals surface area contributed by atoms with E-state index in [9.17, 15) is 9.18 Å². The number of hydrogen-bond acceptors (Lipinski definition) is 1. The fraction of sp³-hybridized carbons (Fsp3) is 0.417. The van der Waals surface area contributed by atoms with Crippen LogP contribution in [0.15, 0.2) is 24.3 Å². The second-order valence-corrected chi connectivity index (χ2v) is 3.44. The van der Waals surface area contributed by atoms with Gasteiger partial charge in [-0.3, -0.25) is 9.18 Å². The van der Waals surface area contributed by atoms with Gasteiger partial charge in [-0.05, 0) is 30.9 Å². The van der Waals surface area contributed by atoms with E-state index in [4.69, 9.17) is 0 Å². The summed E-state index contributed by atoms with van der Waals surface area (Å²) in [6.45, 7) is 1.28. The largest absolute Gasteiger partial charge is 0.300 e. The Morgan fingerprint density at radius 2 is 1.93 bits per heavy atom. The number of ketones is 1. The maximum Gasteiger partial charge on any atom is 0.134 e. The number of Topliss-reactive ketones (excluding diaryl/α,β-unsaturated/α-hetero) is 1. The summed E-state index contributed by atoms with van der Waals surface area (Å²) < 4.78 is 12.0. The molecule has 0 unspecified atom stereocenters. The third kappa shape index (κ3) is 3.29. The summed E-state index contributed by atoms with van der Waals surface area (Å²) >= 11 is 0. The number of benzene rings is 1. The molecule has 14 heavy (non-hydrogen) atoms. The average Bonchev–Trinajstić information content (AvgIpc) is 2.16. The molecule has 0 N–H and O–H groups in total. The fourth-order valence-corrected chi connectivity index (χ4v) is 1.50. The molecule has 0 saturated carbocycles. The zero-order valence-electron chi connectivity index (χ0n) is 8.42. The molecule has 1 nitrogen and oxygen atoms in total. The lowest BCUT2D eigenvalue weighted by Crippen LogP contribution is -2.01. The van der Waals surface area contributed by atoms with E-state index in [2.05, 4.69) is 0 Å². The van der Waals surface area contributed by atoms with E-state index in [1.165, 1.54) is 0 Å². The average molecular weight is 194 g/mol. The predicted molar refractivity (Wildman–Crippen MR) is 55.1 cm³/mol. The minimum atomic E-state index is -0.297. The van der Waals surface area contributed by atoms with Gasteiger partial charge in [-0.2, -0.15) is 0 Å². The monoisotopic (exact) mass is 194 g/mol. The molecule has 76 valence electrons. The van der Waals surface area contributed by atoms with Gasteiger partial charge in [-0.25, -0.2) is 0 Å². The first-order valence-electron chi connectivity index (χ1n) is 4.86. The van der Waals surface area contributed by atoms with Gasteiger partial charge in [-0.15, -0.1) is 0 Å². The molecule has 0 bridgehead atoms. The summed E-state index contributed by atoms with van der Waals surface area (Å²) in [7, 11) is 0. The maximum absolute atomic E-state index is 12.0. The van der Waals surface area contributed by atoms with Gasteiger partial charge in [-0.1, -0.05) is 24.3 Å². The van der Waals surface area contributed by atoms with Crippen LogP contribution in [0, 0.1) is 0 Å². The predicted octanol–water partition coefficient (Wildman–Crippen LogP) is 2.72. The lowest BCUT2D eigenvalue weighted by molar-refractivity contribution is -0.116. The smallest absolute Gasteiger partial charge is 0.134 e. The van der Waals surface area contributed by atoms with E-state index >= 15 is 0 Å². The van der Waals surface area contributed by atoms with Crippen LogP contribution in [0.4, 0.5) is 4.39 Å². The Bertz CT molecular complexity index is 307. The highest BCUT2D eigenvalue weighted by molar-refractivity contribution is 5.78. The molecule has 1 rings (SSSR count). The fourth-order valence-electron chi connectivity index (χ4n) is 1.50. The molecular formula is C12H15FO. The Morgan fingerprint density at radius 1 is 1.29 bits per heavy atom. The molecule has 0 amide bonds. The number of alkyl halides is 1. The van der Waals surface area contributed by atoms with Crippen molar-refractivity contribution in [2.24, 2.45) is 0 Å². The highest BCUT2D eigenvalue weighted by atomic mass is 19.1. The minimum absolute atomic E-state index is 0.151. The summed E-state index contributed by atoms with van der Waals surface area (Å²) in [5.41, 5.74) is 2.13. The third-order valence-corrected chi connectivity index (χ3v) is 2.14. The molecule has 0 spiro atoms. The third-order valence-electron chi connectivity index (χ3n) is 2.14. The molecule has 0 aliphatic carbocycles. The quantitative estimate of drug-likeness (QED) is 0.704. The van der Waals surface area contributed by atoms with Crippen LogP contribution in [0.1, 0.15) is 24.5 Å². The highest BCUT2D eigenvalue weighted by Crippen LogP contribution is 2.12. The van der Waals surface area contributed by atoms with Gasteiger partial charge >= 0.3 is 0 Å². The Hall–Kier alpha value is -1.18. The van der Waals surface area contributed by atoms with Crippen LogP contribution in [0.2, 0.25) is 0 Å². The van der Waals surface area contributed by atoms with E-state index in [-0.39, 0.29) is 12.5 Å². The topological polar surface area (TPSA) is 17.1 Å². The summed E-state index contributed by atoms with van der Waals surface area (Å²) in [6, 6.07) is 7.75. The van der Waals surface area contributed by atoms with Crippen LogP contribution < -0.4 is 0 Å². The van der Waals surface area contributed by atoms with Gasteiger partial charge in [0, 0.05) is 6.42 Å². The van der Waals surface area contributed by atoms with Gasteiger partial charge < -0.3 is 0 Å². The summed E-state index contributed by atoms with van der Waals surface area (Å²) in [6.07, 6.45) is 1.72. The molecule has 0 aliphatic heterocycles. The lowest BCUT2D eigenvalue weighted by atomic mass is 9.99. The van der Waals surface area contributed by atoms with E-state index in [1.54, 1.807) is 6.92 Å². The molecule has 2 heteroatoms. The highest BCUT2D eigenvalue weighted by Gasteiger charge is 2.03. The number of hydrogen-bond donors (Lipinski definition) is 0. The van der Waals surface area contributed by atoms with Crippen molar-refractivity contribution in [3.8, 4) is 0 Å². The number of rotatable bonds is 5. The number of aryl methyl sites for hydroxylation is 1. The molecule has 1 aromatic carbocycles. The second-order valence-electron chi connectivity index (χ2n) is 3.44. The molecule has 0 heterocycles. The summed E-state index contributed by atoms with van der Waals surface area (Å²) in [5.74, 6) is 0.151. The molecule has 0 aliphatic rings. The first-order chi connectivity index (χ1) is 6.74. The zero-order chi connectivity index (χ0) is 10.4. The van der Waals surface area contributed by atoms with Crippen molar-refractivity contribution in [3.63, 3.8) is 0 Å². The van der Waals surface area contributed by atoms with Crippen LogP contribution >= 0.6 is 0 Å². The van der Waals surface area contributed by atoms with Gasteiger partial charge in [0.1, 0.15) is 5.78 Å². The summed E-state index contributed by atoms with van der Waals surface area (Å²) in [4.78, 5) is 11.0. The van der Waals surface area contributed by atoms with Gasteiger partial charge in [0.15, 0.2) is 0 Å². The lowest BCUT2D eigenvalue weighted by Gasteiger charge is -2.06. The SMILES string of the molecule is CC(=O)Cc1ccccc1CCCF. The first-order valence-corrected chi connectivity index (χ1v) is 4.86. The standard InChI is InChI=1S/C12H15FO/c1-10(14)9-12-6-3-2-5-11(12)7-4-8-13/h2-3,5-6H,4,7-9H2,1H3. The Balaban J connectivity index is 2.74. The summed E-state index contributed by atoms with van der Waals surface area (Å²) in [5, 5.41) is 0. The molecule has 0 fully saturated rings. The van der Waals surface area contributed by atoms with Crippen molar-refractivity contribution in [1.29, 1.82) is 0 Å². The number of carbonyl (C=O) groups is 1. The van der Waals surface area contributed by atoms with Crippen LogP contribution in [-0.2, 0) is 17.6 Å².